The molecular formula is C14H13BrN2O3. The second-order valence-electron chi connectivity index (χ2n) is 3.86. The number of halogens is 1. The smallest absolute Gasteiger partial charge is 0.259 e. The molecule has 0 bridgehead atoms. The molecule has 0 fully saturated rings. The van der Waals surface area contributed by atoms with Crippen LogP contribution in [-0.2, 0) is 0 Å². The summed E-state index contributed by atoms with van der Waals surface area (Å²) in [5, 5.41) is 2.77. The van der Waals surface area contributed by atoms with Crippen molar-refractivity contribution in [2.45, 2.75) is 0 Å². The van der Waals surface area contributed by atoms with Gasteiger partial charge < -0.3 is 14.8 Å². The third kappa shape index (κ3) is 3.08. The molecule has 0 saturated carbocycles. The summed E-state index contributed by atoms with van der Waals surface area (Å²) in [5.74, 6) is 0.793. The molecule has 20 heavy (non-hydrogen) atoms. The van der Waals surface area contributed by atoms with Gasteiger partial charge in [0, 0.05) is 12.3 Å². The highest BCUT2D eigenvalue weighted by atomic mass is 79.9. The van der Waals surface area contributed by atoms with Gasteiger partial charge in [-0.25, -0.2) is 4.98 Å². The summed E-state index contributed by atoms with van der Waals surface area (Å²) in [7, 11) is 3.06. The van der Waals surface area contributed by atoms with Crippen molar-refractivity contribution < 1.29 is 14.3 Å². The Hall–Kier alpha value is -2.08. The first-order chi connectivity index (χ1) is 9.65. The fourth-order valence-electron chi connectivity index (χ4n) is 1.66. The fraction of sp³-hybridized carbons (Fsp3) is 0.143. The molecule has 6 heteroatoms. The number of hydrogen-bond acceptors (Lipinski definition) is 4. The average Bonchev–Trinajstić information content (AvgIpc) is 2.48. The van der Waals surface area contributed by atoms with Gasteiger partial charge in [0.25, 0.3) is 5.91 Å². The number of hydrogen-bond donors (Lipinski definition) is 1. The number of pyridine rings is 1. The van der Waals surface area contributed by atoms with Crippen molar-refractivity contribution in [1.29, 1.82) is 0 Å². The maximum atomic E-state index is 12.3. The van der Waals surface area contributed by atoms with Gasteiger partial charge in [0.05, 0.1) is 25.5 Å². The zero-order valence-corrected chi connectivity index (χ0v) is 12.6. The minimum absolute atomic E-state index is 0.279. The number of nitrogens with zero attached hydrogens (tertiary/aromatic N) is 1. The van der Waals surface area contributed by atoms with E-state index in [2.05, 4.69) is 26.2 Å². The molecule has 1 aromatic heterocycles. The molecule has 1 amide bonds. The van der Waals surface area contributed by atoms with Gasteiger partial charge in [0.15, 0.2) is 0 Å². The van der Waals surface area contributed by atoms with Crippen molar-refractivity contribution in [1.82, 2.24) is 4.98 Å². The van der Waals surface area contributed by atoms with Crippen LogP contribution < -0.4 is 14.8 Å². The predicted octanol–water partition coefficient (Wildman–Crippen LogP) is 3.11. The number of nitrogens with one attached hydrogen (secondary N) is 1. The Bertz CT molecular complexity index is 632. The van der Waals surface area contributed by atoms with Crippen molar-refractivity contribution in [3.05, 3.63) is 46.7 Å². The lowest BCUT2D eigenvalue weighted by Crippen LogP contribution is -2.13. The molecule has 0 spiro atoms. The molecule has 104 valence electrons. The van der Waals surface area contributed by atoms with Crippen LogP contribution in [0.3, 0.4) is 0 Å². The van der Waals surface area contributed by atoms with Gasteiger partial charge in [-0.15, -0.1) is 0 Å². The molecular weight excluding hydrogens is 324 g/mol. The quantitative estimate of drug-likeness (QED) is 0.871. The van der Waals surface area contributed by atoms with E-state index in [1.54, 1.807) is 43.6 Å². The summed E-state index contributed by atoms with van der Waals surface area (Å²) in [4.78, 5) is 16.3. The molecule has 2 rings (SSSR count). The zero-order chi connectivity index (χ0) is 14.5. The molecule has 0 radical (unpaired) electrons. The van der Waals surface area contributed by atoms with Crippen LogP contribution in [-0.4, -0.2) is 25.1 Å². The Kier molecular flexibility index (Phi) is 4.57. The van der Waals surface area contributed by atoms with E-state index >= 15 is 0 Å². The van der Waals surface area contributed by atoms with Crippen LogP contribution in [0.15, 0.2) is 41.1 Å². The summed E-state index contributed by atoms with van der Waals surface area (Å²) in [6, 6.07) is 8.51. The number of carbonyl (C=O) groups is 1. The number of anilines is 1. The van der Waals surface area contributed by atoms with Crippen LogP contribution in [0.4, 0.5) is 5.69 Å². The average molecular weight is 337 g/mol. The summed E-state index contributed by atoms with van der Waals surface area (Å²) < 4.78 is 10.9. The van der Waals surface area contributed by atoms with E-state index in [0.29, 0.717) is 27.4 Å². The predicted molar refractivity (Wildman–Crippen MR) is 79.4 cm³/mol. The van der Waals surface area contributed by atoms with Crippen molar-refractivity contribution in [3.8, 4) is 11.5 Å². The SMILES string of the molecule is COc1ccc(C(=O)Nc2cccnc2Br)c(OC)c1. The van der Waals surface area contributed by atoms with Crippen molar-refractivity contribution in [2.24, 2.45) is 0 Å². The van der Waals surface area contributed by atoms with Crippen LogP contribution in [0, 0.1) is 0 Å². The second kappa shape index (κ2) is 6.38. The summed E-state index contributed by atoms with van der Waals surface area (Å²) in [6.45, 7) is 0. The van der Waals surface area contributed by atoms with Crippen LogP contribution in [0.2, 0.25) is 0 Å². The van der Waals surface area contributed by atoms with Crippen LogP contribution in [0.1, 0.15) is 10.4 Å². The normalized spacial score (nSPS) is 9.95. The lowest BCUT2D eigenvalue weighted by Gasteiger charge is -2.11. The van der Waals surface area contributed by atoms with E-state index in [1.165, 1.54) is 7.11 Å². The van der Waals surface area contributed by atoms with Gasteiger partial charge in [-0.2, -0.15) is 0 Å². The highest BCUT2D eigenvalue weighted by Gasteiger charge is 2.14. The first kappa shape index (κ1) is 14.3. The number of rotatable bonds is 4. The Balaban J connectivity index is 2.27. The van der Waals surface area contributed by atoms with Crippen LogP contribution in [0.25, 0.3) is 0 Å². The molecule has 1 heterocycles. The Labute approximate surface area is 125 Å². The number of benzene rings is 1. The third-order valence-electron chi connectivity index (χ3n) is 2.66. The topological polar surface area (TPSA) is 60.5 Å². The zero-order valence-electron chi connectivity index (χ0n) is 11.0. The molecule has 1 N–H and O–H groups in total. The van der Waals surface area contributed by atoms with Gasteiger partial charge >= 0.3 is 0 Å². The van der Waals surface area contributed by atoms with Crippen molar-refractivity contribution in [3.63, 3.8) is 0 Å². The van der Waals surface area contributed by atoms with Crippen LogP contribution >= 0.6 is 15.9 Å². The highest BCUT2D eigenvalue weighted by molar-refractivity contribution is 9.10. The Morgan fingerprint density at radius 2 is 2.05 bits per heavy atom. The molecule has 1 aromatic carbocycles. The van der Waals surface area contributed by atoms with Gasteiger partial charge in [0.2, 0.25) is 0 Å². The number of amides is 1. The molecule has 0 atom stereocenters. The lowest BCUT2D eigenvalue weighted by molar-refractivity contribution is 0.102. The number of methoxy groups -OCH3 is 2. The third-order valence-corrected chi connectivity index (χ3v) is 3.29. The highest BCUT2D eigenvalue weighted by Crippen LogP contribution is 2.26. The number of ether oxygens (including phenoxy) is 2. The summed E-state index contributed by atoms with van der Waals surface area (Å²) >= 11 is 3.28. The molecule has 0 aliphatic heterocycles. The first-order valence-electron chi connectivity index (χ1n) is 5.79. The summed E-state index contributed by atoms with van der Waals surface area (Å²) in [6.07, 6.45) is 1.63. The number of aromatic nitrogens is 1. The first-order valence-corrected chi connectivity index (χ1v) is 6.59. The monoisotopic (exact) mass is 336 g/mol. The van der Waals surface area contributed by atoms with Gasteiger partial charge in [-0.05, 0) is 40.2 Å². The van der Waals surface area contributed by atoms with E-state index in [1.807, 2.05) is 0 Å². The molecule has 2 aromatic rings. The van der Waals surface area contributed by atoms with E-state index < -0.39 is 0 Å². The largest absolute Gasteiger partial charge is 0.497 e. The maximum absolute atomic E-state index is 12.3. The Morgan fingerprint density at radius 1 is 1.25 bits per heavy atom. The lowest BCUT2D eigenvalue weighted by atomic mass is 10.1. The van der Waals surface area contributed by atoms with Crippen LogP contribution in [0.5, 0.6) is 11.5 Å². The summed E-state index contributed by atoms with van der Waals surface area (Å²) in [5.41, 5.74) is 1.01. The minimum atomic E-state index is -0.279. The van der Waals surface area contributed by atoms with Gasteiger partial charge in [-0.1, -0.05) is 0 Å². The van der Waals surface area contributed by atoms with E-state index in [-0.39, 0.29) is 5.91 Å². The van der Waals surface area contributed by atoms with Gasteiger partial charge in [-0.3, -0.25) is 4.79 Å². The van der Waals surface area contributed by atoms with Crippen molar-refractivity contribution >= 4 is 27.5 Å². The molecule has 0 saturated heterocycles. The Morgan fingerprint density at radius 3 is 2.70 bits per heavy atom. The number of carbonyl (C=O) groups excluding carboxylic acids is 1. The van der Waals surface area contributed by atoms with E-state index in [4.69, 9.17) is 9.47 Å². The molecule has 5 nitrogen and oxygen atoms in total. The standard InChI is InChI=1S/C14H13BrN2O3/c1-19-9-5-6-10(12(8-9)20-2)14(18)17-11-4-3-7-16-13(11)15/h3-8H,1-2H3,(H,17,18). The molecule has 0 unspecified atom stereocenters. The minimum Gasteiger partial charge on any atom is -0.497 e. The second-order valence-corrected chi connectivity index (χ2v) is 4.61. The maximum Gasteiger partial charge on any atom is 0.259 e. The van der Waals surface area contributed by atoms with E-state index in [0.717, 1.165) is 0 Å². The van der Waals surface area contributed by atoms with E-state index in [9.17, 15) is 4.79 Å². The fourth-order valence-corrected chi connectivity index (χ4v) is 2.00. The van der Waals surface area contributed by atoms with Crippen molar-refractivity contribution in [2.75, 3.05) is 19.5 Å². The van der Waals surface area contributed by atoms with Gasteiger partial charge in [0.1, 0.15) is 16.1 Å². The molecule has 0 aliphatic carbocycles. The molecule has 0 aliphatic rings.